The fourth-order valence-electron chi connectivity index (χ4n) is 1.61. The third-order valence-electron chi connectivity index (χ3n) is 2.48. The highest BCUT2D eigenvalue weighted by molar-refractivity contribution is 7.87. The van der Waals surface area contributed by atoms with E-state index < -0.39 is 32.4 Å². The van der Waals surface area contributed by atoms with E-state index in [0.29, 0.717) is 0 Å². The lowest BCUT2D eigenvalue weighted by atomic mass is 10.3. The smallest absolute Gasteiger partial charge is 0.373 e. The van der Waals surface area contributed by atoms with Crippen LogP contribution < -0.4 is 4.18 Å². The molecule has 0 saturated heterocycles. The van der Waals surface area contributed by atoms with Crippen LogP contribution in [0.3, 0.4) is 0 Å². The fraction of sp³-hybridized carbons (Fsp3) is 0.0833. The molecule has 9 heteroatoms. The number of benzene rings is 1. The van der Waals surface area contributed by atoms with Crippen molar-refractivity contribution >= 4 is 15.8 Å². The lowest BCUT2D eigenvalue weighted by Crippen LogP contribution is -2.11. The molecule has 0 bridgehead atoms. The lowest BCUT2D eigenvalue weighted by Gasteiger charge is -2.08. The second kappa shape index (κ2) is 5.37. The van der Waals surface area contributed by atoms with Gasteiger partial charge in [-0.05, 0) is 19.1 Å². The van der Waals surface area contributed by atoms with E-state index >= 15 is 0 Å². The summed E-state index contributed by atoms with van der Waals surface area (Å²) >= 11 is 0. The monoisotopic (exact) mass is 310 g/mol. The first-order chi connectivity index (χ1) is 9.81. The van der Waals surface area contributed by atoms with Gasteiger partial charge < -0.3 is 9.29 Å². The summed E-state index contributed by atoms with van der Waals surface area (Å²) in [7, 11) is -4.25. The summed E-state index contributed by atoms with van der Waals surface area (Å²) in [5.74, 6) is -1.49. The molecule has 1 aromatic carbocycles. The Morgan fingerprint density at radius 1 is 1.29 bits per heavy atom. The first kappa shape index (κ1) is 14.7. The highest BCUT2D eigenvalue weighted by Crippen LogP contribution is 2.36. The SMILES string of the molecule is Cc1cc(OS(=O)(=O)c2ccccc2)c([N+](=O)[O-])c(O)n1. The number of rotatable bonds is 4. The Morgan fingerprint density at radius 3 is 2.48 bits per heavy atom. The molecule has 0 radical (unpaired) electrons. The maximum absolute atomic E-state index is 12.1. The molecule has 0 unspecified atom stereocenters. The van der Waals surface area contributed by atoms with E-state index in [2.05, 4.69) is 4.98 Å². The summed E-state index contributed by atoms with van der Waals surface area (Å²) in [5, 5.41) is 20.4. The van der Waals surface area contributed by atoms with Gasteiger partial charge in [0.1, 0.15) is 4.90 Å². The molecule has 8 nitrogen and oxygen atoms in total. The third-order valence-corrected chi connectivity index (χ3v) is 3.73. The molecule has 0 fully saturated rings. The molecule has 1 aromatic heterocycles. The average molecular weight is 310 g/mol. The Balaban J connectivity index is 2.52. The number of aromatic hydroxyl groups is 1. The zero-order valence-corrected chi connectivity index (χ0v) is 11.6. The van der Waals surface area contributed by atoms with Gasteiger partial charge in [-0.1, -0.05) is 18.2 Å². The molecular formula is C12H10N2O6S. The predicted octanol–water partition coefficient (Wildman–Crippen LogP) is 1.77. The number of hydrogen-bond acceptors (Lipinski definition) is 7. The van der Waals surface area contributed by atoms with Gasteiger partial charge in [0, 0.05) is 11.8 Å². The van der Waals surface area contributed by atoms with Gasteiger partial charge in [-0.3, -0.25) is 10.1 Å². The minimum Gasteiger partial charge on any atom is -0.488 e. The highest BCUT2D eigenvalue weighted by Gasteiger charge is 2.28. The minimum absolute atomic E-state index is 0.159. The van der Waals surface area contributed by atoms with Gasteiger partial charge in [-0.15, -0.1) is 0 Å². The van der Waals surface area contributed by atoms with Gasteiger partial charge in [0.2, 0.25) is 5.75 Å². The molecule has 1 N–H and O–H groups in total. The Bertz CT molecular complexity index is 789. The third kappa shape index (κ3) is 3.08. The number of pyridine rings is 1. The zero-order valence-electron chi connectivity index (χ0n) is 10.8. The van der Waals surface area contributed by atoms with Crippen LogP contribution in [0.4, 0.5) is 5.69 Å². The predicted molar refractivity (Wildman–Crippen MR) is 71.5 cm³/mol. The number of hydrogen-bond donors (Lipinski definition) is 1. The molecule has 0 atom stereocenters. The minimum atomic E-state index is -4.25. The molecule has 110 valence electrons. The quantitative estimate of drug-likeness (QED) is 0.519. The standard InChI is InChI=1S/C12H10N2O6S/c1-8-7-10(11(14(16)17)12(15)13-8)20-21(18,19)9-5-3-2-4-6-9/h2-7H,1H3,(H,13,15). The van der Waals surface area contributed by atoms with Crippen LogP contribution in [0.5, 0.6) is 11.6 Å². The van der Waals surface area contributed by atoms with Crippen LogP contribution in [-0.2, 0) is 10.1 Å². The van der Waals surface area contributed by atoms with Gasteiger partial charge >= 0.3 is 15.8 Å². The summed E-state index contributed by atoms with van der Waals surface area (Å²) in [6.45, 7) is 1.44. The number of aromatic nitrogens is 1. The normalized spacial score (nSPS) is 11.1. The molecule has 0 aliphatic carbocycles. The van der Waals surface area contributed by atoms with Crippen molar-refractivity contribution in [2.45, 2.75) is 11.8 Å². The van der Waals surface area contributed by atoms with Crippen molar-refractivity contribution in [3.63, 3.8) is 0 Å². The maximum Gasteiger partial charge on any atom is 0.373 e. The van der Waals surface area contributed by atoms with Gasteiger partial charge in [-0.2, -0.15) is 8.42 Å². The summed E-state index contributed by atoms with van der Waals surface area (Å²) in [6.07, 6.45) is 0. The van der Waals surface area contributed by atoms with Crippen LogP contribution in [-0.4, -0.2) is 23.4 Å². The highest BCUT2D eigenvalue weighted by atomic mass is 32.2. The second-order valence-corrected chi connectivity index (χ2v) is 5.59. The van der Waals surface area contributed by atoms with Crippen molar-refractivity contribution in [1.29, 1.82) is 0 Å². The Morgan fingerprint density at radius 2 is 1.90 bits per heavy atom. The van der Waals surface area contributed by atoms with Crippen molar-refractivity contribution in [2.75, 3.05) is 0 Å². The lowest BCUT2D eigenvalue weighted by molar-refractivity contribution is -0.386. The molecule has 0 amide bonds. The van der Waals surface area contributed by atoms with Crippen LogP contribution in [0.25, 0.3) is 0 Å². The summed E-state index contributed by atoms with van der Waals surface area (Å²) in [5.41, 5.74) is -0.725. The maximum atomic E-state index is 12.1. The number of nitro groups is 1. The molecule has 2 aromatic rings. The van der Waals surface area contributed by atoms with Crippen molar-refractivity contribution in [3.05, 3.63) is 52.2 Å². The molecule has 0 saturated carbocycles. The summed E-state index contributed by atoms with van der Waals surface area (Å²) in [4.78, 5) is 13.3. The van der Waals surface area contributed by atoms with Gasteiger partial charge in [0.25, 0.3) is 5.88 Å². The van der Waals surface area contributed by atoms with Crippen molar-refractivity contribution < 1.29 is 22.6 Å². The topological polar surface area (TPSA) is 120 Å². The van der Waals surface area contributed by atoms with E-state index in [4.69, 9.17) is 4.18 Å². The van der Waals surface area contributed by atoms with Crippen LogP contribution in [0, 0.1) is 17.0 Å². The number of aryl methyl sites for hydroxylation is 1. The Labute approximate surface area is 119 Å². The van der Waals surface area contributed by atoms with E-state index in [1.54, 1.807) is 6.07 Å². The average Bonchev–Trinajstić information content (AvgIpc) is 2.37. The van der Waals surface area contributed by atoms with E-state index in [-0.39, 0.29) is 10.6 Å². The first-order valence-electron chi connectivity index (χ1n) is 5.66. The van der Waals surface area contributed by atoms with Crippen LogP contribution in [0.15, 0.2) is 41.3 Å². The molecule has 1 heterocycles. The molecule has 0 spiro atoms. The number of nitrogens with zero attached hydrogens (tertiary/aromatic N) is 2. The summed E-state index contributed by atoms with van der Waals surface area (Å²) in [6, 6.07) is 8.23. The van der Waals surface area contributed by atoms with Crippen LogP contribution in [0.1, 0.15) is 5.69 Å². The summed E-state index contributed by atoms with van der Waals surface area (Å²) < 4.78 is 28.9. The van der Waals surface area contributed by atoms with Crippen LogP contribution >= 0.6 is 0 Å². The van der Waals surface area contributed by atoms with Gasteiger partial charge in [-0.25, -0.2) is 4.98 Å². The van der Waals surface area contributed by atoms with E-state index in [0.717, 1.165) is 6.07 Å². The van der Waals surface area contributed by atoms with Gasteiger partial charge in [0.15, 0.2) is 0 Å². The molecule has 2 rings (SSSR count). The van der Waals surface area contributed by atoms with Crippen molar-refractivity contribution in [3.8, 4) is 11.6 Å². The second-order valence-electron chi connectivity index (χ2n) is 4.04. The largest absolute Gasteiger partial charge is 0.488 e. The molecular weight excluding hydrogens is 300 g/mol. The Kier molecular flexibility index (Phi) is 3.76. The molecule has 21 heavy (non-hydrogen) atoms. The fourth-order valence-corrected chi connectivity index (χ4v) is 2.56. The Hall–Kier alpha value is -2.68. The van der Waals surface area contributed by atoms with E-state index in [1.807, 2.05) is 0 Å². The zero-order chi connectivity index (χ0) is 15.6. The first-order valence-corrected chi connectivity index (χ1v) is 7.06. The molecule has 0 aliphatic rings. The van der Waals surface area contributed by atoms with Crippen molar-refractivity contribution in [1.82, 2.24) is 4.98 Å². The molecule has 0 aliphatic heterocycles. The van der Waals surface area contributed by atoms with E-state index in [9.17, 15) is 23.6 Å². The van der Waals surface area contributed by atoms with E-state index in [1.165, 1.54) is 31.2 Å². The van der Waals surface area contributed by atoms with Crippen molar-refractivity contribution in [2.24, 2.45) is 0 Å². The van der Waals surface area contributed by atoms with Crippen LogP contribution in [0.2, 0.25) is 0 Å². The van der Waals surface area contributed by atoms with Gasteiger partial charge in [0.05, 0.1) is 4.92 Å².